The summed E-state index contributed by atoms with van der Waals surface area (Å²) in [6.07, 6.45) is 1.24. The molecule has 3 N–H and O–H groups in total. The third-order valence-corrected chi connectivity index (χ3v) is 8.70. The maximum atomic E-state index is 15.3. The molecule has 0 bridgehead atoms. The van der Waals surface area contributed by atoms with Crippen molar-refractivity contribution in [3.63, 3.8) is 0 Å². The molecule has 2 aromatic heterocycles. The van der Waals surface area contributed by atoms with E-state index in [0.717, 1.165) is 9.13 Å². The van der Waals surface area contributed by atoms with E-state index in [-0.39, 0.29) is 39.7 Å². The summed E-state index contributed by atoms with van der Waals surface area (Å²) in [7, 11) is -1.11. The lowest BCUT2D eigenvalue weighted by atomic mass is 10.1. The Balaban J connectivity index is 1.86. The molecule has 0 unspecified atom stereocenters. The van der Waals surface area contributed by atoms with Gasteiger partial charge in [-0.15, -0.1) is 0 Å². The van der Waals surface area contributed by atoms with Gasteiger partial charge < -0.3 is 5.32 Å². The number of benzene rings is 2. The van der Waals surface area contributed by atoms with Crippen LogP contribution in [-0.2, 0) is 17.3 Å². The predicted octanol–water partition coefficient (Wildman–Crippen LogP) is 3.17. The van der Waals surface area contributed by atoms with Crippen molar-refractivity contribution in [2.24, 2.45) is 7.05 Å². The minimum absolute atomic E-state index is 0.0321. The second-order valence-corrected chi connectivity index (χ2v) is 12.5. The van der Waals surface area contributed by atoms with Crippen LogP contribution in [0, 0.1) is 23.2 Å². The second-order valence-electron chi connectivity index (χ2n) is 9.60. The molecule has 1 aliphatic rings. The molecule has 1 aliphatic carbocycles. The molecule has 5 rings (SSSR count). The molecule has 14 heteroatoms. The van der Waals surface area contributed by atoms with Gasteiger partial charge in [0.1, 0.15) is 16.9 Å². The zero-order chi connectivity index (χ0) is 29.1. The van der Waals surface area contributed by atoms with Crippen LogP contribution in [0.2, 0.25) is 0 Å². The fraction of sp³-hybridized carbons (Fsp3) is 0.269. The molecule has 11 nitrogen and oxygen atoms in total. The lowest BCUT2D eigenvalue weighted by Crippen LogP contribution is -2.42. The summed E-state index contributed by atoms with van der Waals surface area (Å²) in [5.74, 6) is -0.681. The summed E-state index contributed by atoms with van der Waals surface area (Å²) in [5.41, 5.74) is -0.444. The Morgan fingerprint density at radius 1 is 1.00 bits per heavy atom. The number of pyridine rings is 1. The number of fused-ring (bicyclic) bond motifs is 1. The van der Waals surface area contributed by atoms with Crippen LogP contribution in [0.4, 0.5) is 21.5 Å². The molecule has 0 spiro atoms. The van der Waals surface area contributed by atoms with Gasteiger partial charge in [0.2, 0.25) is 0 Å². The molecule has 4 aromatic rings. The summed E-state index contributed by atoms with van der Waals surface area (Å²) in [4.78, 5) is 41.2. The quantitative estimate of drug-likeness (QED) is 0.257. The molecular formula is C26H26FIN6O5S. The average molecular weight is 681 g/mol. The first kappa shape index (κ1) is 28.0. The number of anilines is 3. The summed E-state index contributed by atoms with van der Waals surface area (Å²) < 4.78 is 48.1. The highest BCUT2D eigenvalue weighted by atomic mass is 127. The van der Waals surface area contributed by atoms with Gasteiger partial charge >= 0.3 is 5.69 Å². The molecule has 0 radical (unpaired) electrons. The molecule has 1 saturated carbocycles. The molecule has 0 amide bonds. The molecule has 40 heavy (non-hydrogen) atoms. The maximum Gasteiger partial charge on any atom is 0.337 e. The van der Waals surface area contributed by atoms with E-state index in [1.54, 1.807) is 38.1 Å². The van der Waals surface area contributed by atoms with E-state index in [0.29, 0.717) is 27.7 Å². The van der Waals surface area contributed by atoms with Gasteiger partial charge in [0.25, 0.3) is 21.3 Å². The van der Waals surface area contributed by atoms with Crippen molar-refractivity contribution in [3.8, 4) is 5.69 Å². The van der Waals surface area contributed by atoms with Crippen molar-refractivity contribution in [3.05, 3.63) is 88.1 Å². The van der Waals surface area contributed by atoms with E-state index in [9.17, 15) is 22.8 Å². The number of rotatable bonds is 7. The van der Waals surface area contributed by atoms with Crippen LogP contribution in [0.25, 0.3) is 16.7 Å². The van der Waals surface area contributed by atoms with Crippen LogP contribution in [0.1, 0.15) is 30.0 Å². The SMILES string of the molecule is CNS(=O)(=O)Nc1cccc(Nc2c(C)c(=O)n(C)c3c2c(=O)n(C2CC2)c(=O)n3-c2ccc(I)cc2F)c1C. The van der Waals surface area contributed by atoms with E-state index in [1.807, 2.05) is 22.6 Å². The Morgan fingerprint density at radius 2 is 1.68 bits per heavy atom. The summed E-state index contributed by atoms with van der Waals surface area (Å²) in [6.45, 7) is 3.22. The van der Waals surface area contributed by atoms with E-state index >= 15 is 4.39 Å². The largest absolute Gasteiger partial charge is 0.354 e. The molecule has 0 saturated heterocycles. The Kier molecular flexibility index (Phi) is 7.12. The first-order valence-electron chi connectivity index (χ1n) is 12.3. The Hall–Kier alpha value is -3.50. The summed E-state index contributed by atoms with van der Waals surface area (Å²) in [5, 5.41) is 3.18. The summed E-state index contributed by atoms with van der Waals surface area (Å²) in [6, 6.07) is 8.86. The van der Waals surface area contributed by atoms with Crippen LogP contribution in [-0.4, -0.2) is 29.2 Å². The normalized spacial score (nSPS) is 13.6. The van der Waals surface area contributed by atoms with Gasteiger partial charge in [-0.2, -0.15) is 8.42 Å². The van der Waals surface area contributed by atoms with Crippen molar-refractivity contribution < 1.29 is 12.8 Å². The number of halogens is 2. The smallest absolute Gasteiger partial charge is 0.337 e. The molecule has 0 aliphatic heterocycles. The first-order valence-corrected chi connectivity index (χ1v) is 14.9. The predicted molar refractivity (Wildman–Crippen MR) is 161 cm³/mol. The lowest BCUT2D eigenvalue weighted by Gasteiger charge is -2.21. The average Bonchev–Trinajstić information content (AvgIpc) is 3.73. The molecule has 2 aromatic carbocycles. The molecule has 1 fully saturated rings. The fourth-order valence-electron chi connectivity index (χ4n) is 4.69. The van der Waals surface area contributed by atoms with Crippen LogP contribution in [0.5, 0.6) is 0 Å². The lowest BCUT2D eigenvalue weighted by molar-refractivity contribution is 0.593. The van der Waals surface area contributed by atoms with Crippen LogP contribution < -0.4 is 31.6 Å². The Bertz CT molecular complexity index is 2000. The monoisotopic (exact) mass is 680 g/mol. The third-order valence-electron chi connectivity index (χ3n) is 7.00. The van der Waals surface area contributed by atoms with Gasteiger partial charge in [-0.1, -0.05) is 6.07 Å². The van der Waals surface area contributed by atoms with Crippen molar-refractivity contribution in [2.75, 3.05) is 17.1 Å². The number of hydrogen-bond acceptors (Lipinski definition) is 6. The number of aromatic nitrogens is 3. The molecule has 210 valence electrons. The number of nitrogens with one attached hydrogen (secondary N) is 3. The van der Waals surface area contributed by atoms with Gasteiger partial charge in [-0.25, -0.2) is 18.5 Å². The maximum absolute atomic E-state index is 15.3. The highest BCUT2D eigenvalue weighted by Crippen LogP contribution is 2.35. The number of aryl methyl sites for hydroxylation is 1. The van der Waals surface area contributed by atoms with Crippen LogP contribution in [0.15, 0.2) is 50.8 Å². The van der Waals surface area contributed by atoms with E-state index < -0.39 is 32.8 Å². The highest BCUT2D eigenvalue weighted by molar-refractivity contribution is 14.1. The van der Waals surface area contributed by atoms with Gasteiger partial charge in [0, 0.05) is 35.0 Å². The topological polar surface area (TPSA) is 136 Å². The first-order chi connectivity index (χ1) is 18.9. The fourth-order valence-corrected chi connectivity index (χ4v) is 5.76. The highest BCUT2D eigenvalue weighted by Gasteiger charge is 2.32. The van der Waals surface area contributed by atoms with Crippen molar-refractivity contribution in [1.82, 2.24) is 18.4 Å². The molecule has 2 heterocycles. The van der Waals surface area contributed by atoms with Gasteiger partial charge in [-0.3, -0.25) is 23.4 Å². The van der Waals surface area contributed by atoms with Crippen molar-refractivity contribution in [2.45, 2.75) is 32.7 Å². The van der Waals surface area contributed by atoms with E-state index in [1.165, 1.54) is 30.8 Å². The molecular weight excluding hydrogens is 654 g/mol. The number of hydrogen-bond donors (Lipinski definition) is 3. The zero-order valence-corrected chi connectivity index (χ0v) is 25.0. The van der Waals surface area contributed by atoms with Crippen LogP contribution >= 0.6 is 22.6 Å². The van der Waals surface area contributed by atoms with Gasteiger partial charge in [-0.05, 0) is 85.2 Å². The van der Waals surface area contributed by atoms with Gasteiger partial charge in [0.05, 0.1) is 17.1 Å². The standard InChI is InChI=1S/C26H26FIN6O5S/c1-13-18(6-5-7-19(13)31-40(38,39)29-3)30-22-14(2)24(35)32(4)23-21(22)25(36)33(16-9-10-16)26(37)34(23)20-11-8-15(28)12-17(20)27/h5-8,11-12,16,29-31H,9-10H2,1-4H3. The summed E-state index contributed by atoms with van der Waals surface area (Å²) >= 11 is 1.96. The minimum atomic E-state index is -3.81. The minimum Gasteiger partial charge on any atom is -0.354 e. The van der Waals surface area contributed by atoms with Gasteiger partial charge in [0.15, 0.2) is 0 Å². The second kappa shape index (κ2) is 10.2. The Morgan fingerprint density at radius 3 is 2.30 bits per heavy atom. The van der Waals surface area contributed by atoms with E-state index in [2.05, 4.69) is 14.8 Å². The van der Waals surface area contributed by atoms with Crippen LogP contribution in [0.3, 0.4) is 0 Å². The van der Waals surface area contributed by atoms with E-state index in [4.69, 9.17) is 0 Å². The Labute approximate surface area is 242 Å². The third kappa shape index (κ3) is 4.73. The molecule has 0 atom stereocenters. The zero-order valence-electron chi connectivity index (χ0n) is 22.0. The van der Waals surface area contributed by atoms with Crippen molar-refractivity contribution >= 4 is 60.9 Å². The van der Waals surface area contributed by atoms with Crippen molar-refractivity contribution in [1.29, 1.82) is 0 Å². The number of nitrogens with zero attached hydrogens (tertiary/aromatic N) is 3.